The highest BCUT2D eigenvalue weighted by Gasteiger charge is 2.49. The van der Waals surface area contributed by atoms with E-state index in [-0.39, 0.29) is 83.4 Å². The first-order chi connectivity index (χ1) is 63.9. The van der Waals surface area contributed by atoms with Crippen molar-refractivity contribution in [1.29, 1.82) is 5.26 Å². The number of ether oxygens (including phenoxy) is 2. The number of rotatable bonds is 40. The monoisotopic (exact) mass is 1910 g/mol. The molecule has 2 aromatic heterocycles. The number of likely N-dealkylation sites (N-methyl/N-ethyl adjacent to an activating group) is 1. The number of unbranched alkanes of at least 4 members (excludes halogenated alkanes) is 1. The van der Waals surface area contributed by atoms with E-state index >= 15 is 28.8 Å². The number of hydrogen-bond donors (Lipinski definition) is 20. The Kier molecular flexibility index (Phi) is 39.3. The van der Waals surface area contributed by atoms with Gasteiger partial charge in [-0.2, -0.15) is 5.26 Å². The predicted octanol–water partition coefficient (Wildman–Crippen LogP) is -2.59. The number of hydrogen-bond acceptors (Lipinski definition) is 26. The maximum Gasteiger partial charge on any atom is 0.303 e. The van der Waals surface area contributed by atoms with Gasteiger partial charge in [0.2, 0.25) is 100 Å². The number of carbonyl (C=O) groups excluding carboxylic acids is 17. The molecule has 0 saturated carbocycles. The van der Waals surface area contributed by atoms with Crippen LogP contribution in [-0.4, -0.2) is 266 Å². The number of fused-ring (bicyclic) bond motifs is 2. The third kappa shape index (κ3) is 31.7. The zero-order chi connectivity index (χ0) is 99.2. The molecule has 2 fully saturated rings. The molecular formula is C90H117N21O22S2. The molecule has 0 spiro atoms. The summed E-state index contributed by atoms with van der Waals surface area (Å²) >= 11 is 0. The highest BCUT2D eigenvalue weighted by Crippen LogP contribution is 2.47. The minimum atomic E-state index is -2.11. The summed E-state index contributed by atoms with van der Waals surface area (Å²) in [6, 6.07) is 8.59. The highest BCUT2D eigenvalue weighted by atomic mass is 33.1. The zero-order valence-electron chi connectivity index (χ0n) is 75.9. The number of carbonyl (C=O) groups is 18. The quantitative estimate of drug-likeness (QED) is 0.0139. The van der Waals surface area contributed by atoms with Crippen LogP contribution in [0.25, 0.3) is 21.7 Å². The van der Waals surface area contributed by atoms with Crippen LogP contribution < -0.4 is 96.8 Å². The Hall–Kier alpha value is -13.8. The van der Waals surface area contributed by atoms with Crippen LogP contribution in [-0.2, 0) is 117 Å². The lowest BCUT2D eigenvalue weighted by atomic mass is 9.87. The molecule has 6 aromatic rings. The van der Waals surface area contributed by atoms with Crippen molar-refractivity contribution in [3.63, 3.8) is 0 Å². The van der Waals surface area contributed by atoms with Gasteiger partial charge >= 0.3 is 5.97 Å². The van der Waals surface area contributed by atoms with Gasteiger partial charge in [-0.3, -0.25) is 91.3 Å². The summed E-state index contributed by atoms with van der Waals surface area (Å²) in [6.07, 6.45) is -3.08. The van der Waals surface area contributed by atoms with Crippen LogP contribution in [0.1, 0.15) is 134 Å². The maximum absolute atomic E-state index is 16.4. The van der Waals surface area contributed by atoms with E-state index in [0.29, 0.717) is 44.3 Å². The number of nitriles is 1. The van der Waals surface area contributed by atoms with Crippen LogP contribution >= 0.6 is 21.6 Å². The lowest BCUT2D eigenvalue weighted by Crippen LogP contribution is -2.67. The summed E-state index contributed by atoms with van der Waals surface area (Å²) in [6.45, 7) is 8.67. The molecule has 0 bridgehead atoms. The van der Waals surface area contributed by atoms with Gasteiger partial charge in [-0.1, -0.05) is 94.4 Å². The molecule has 0 aliphatic carbocycles. The van der Waals surface area contributed by atoms with Crippen LogP contribution in [0, 0.1) is 11.3 Å². The summed E-state index contributed by atoms with van der Waals surface area (Å²) in [5.41, 5.74) is 22.4. The molecule has 45 heteroatoms. The topological polar surface area (TPSA) is 682 Å². The fourth-order valence-electron chi connectivity index (χ4n) is 15.1. The number of aromatic nitrogens is 2. The Bertz CT molecular complexity index is 5380. The van der Waals surface area contributed by atoms with E-state index in [1.54, 1.807) is 84.9 Å². The molecule has 726 valence electrons. The average molecular weight is 1910 g/mol. The van der Waals surface area contributed by atoms with Crippen molar-refractivity contribution >= 4 is 150 Å². The van der Waals surface area contributed by atoms with Gasteiger partial charge in [-0.05, 0) is 118 Å². The van der Waals surface area contributed by atoms with Crippen molar-refractivity contribution in [2.75, 3.05) is 46.5 Å². The molecule has 4 heterocycles. The van der Waals surface area contributed by atoms with E-state index in [4.69, 9.17) is 32.4 Å². The number of nitrogens with two attached hydrogens (primary N) is 4. The number of pyridine rings is 1. The fraction of sp³-hybridized carbons (Fsp3) is 0.467. The average Bonchev–Trinajstić information content (AvgIpc) is 1.78. The van der Waals surface area contributed by atoms with E-state index in [2.05, 4.69) is 85.2 Å². The first-order valence-corrected chi connectivity index (χ1v) is 45.6. The number of benzene rings is 4. The number of primary amides is 3. The molecule has 135 heavy (non-hydrogen) atoms. The molecule has 0 unspecified atom stereocenters. The van der Waals surface area contributed by atoms with Crippen molar-refractivity contribution in [2.45, 2.75) is 220 Å². The van der Waals surface area contributed by atoms with Crippen LogP contribution in [0.15, 0.2) is 116 Å². The van der Waals surface area contributed by atoms with E-state index in [9.17, 15) is 73.0 Å². The Labute approximate surface area is 785 Å². The third-order valence-corrected chi connectivity index (χ3v) is 26.5. The zero-order valence-corrected chi connectivity index (χ0v) is 77.5. The number of aromatic amines is 1. The van der Waals surface area contributed by atoms with E-state index in [0.717, 1.165) is 45.7 Å². The maximum atomic E-state index is 16.4. The number of nitrogens with one attached hydrogen (secondary N) is 14. The van der Waals surface area contributed by atoms with Gasteiger partial charge in [0.15, 0.2) is 0 Å². The molecule has 12 atom stereocenters. The number of amides is 17. The van der Waals surface area contributed by atoms with Crippen molar-refractivity contribution in [3.05, 3.63) is 143 Å². The number of para-hydroxylation sites is 1. The van der Waals surface area contributed by atoms with E-state index < -0.39 is 239 Å². The standard InChI is InChI=1S/C90H117N21O22S2/c1-48(112)72-83(127)103-64(41-57-46-98-73-56(44-92)18-13-19-59(57)73)79(123)100-60(20-11-12-33-97-49(2)113)77(121)109-75(89(6,7)135-134-88(4,5)74(99-50(3)114)84(128)105-66(43-69(94)116)81(125)108-72)85(129)104-62(38-51-22-25-58(26-23-51)133-36-31-91)78(122)101-63(39-52-21-24-54-16-9-10-17-55(54)37-52)82(126)110-90(29-34-132-35-30-90)87(131)107-61(27-28-71(118)119)76(120)102-65(42-68(93)115)80(124)106-67(40-53-15-14-32-96-45-53)86(130)111(8)47-70(95)117/h9-10,13-19,21-26,32,37,45-46,48,60-67,72,74-75,98,112H,11-12,20,27-31,33-36,38-43,47,91H2,1-8H3,(H2,93,115)(H2,94,116)(H2,95,117)(H,97,113)(H,99,114)(H,100,123)(H,101,122)(H,102,120)(H,103,127)(H,104,129)(H,105,128)(H,106,124)(H,107,131)(H,108,125)(H,109,121)(H,110,126)(H,118,119)/t48-,60+,61+,62+,63+,64+,65+,66+,67+,72+,74-,75-/m1/s1. The van der Waals surface area contributed by atoms with Gasteiger partial charge in [-0.25, -0.2) is 0 Å². The van der Waals surface area contributed by atoms with Gasteiger partial charge in [0.05, 0.1) is 36.6 Å². The first-order valence-electron chi connectivity index (χ1n) is 43.5. The number of carboxylic acids is 1. The summed E-state index contributed by atoms with van der Waals surface area (Å²) < 4.78 is 8.20. The Morgan fingerprint density at radius 3 is 1.90 bits per heavy atom. The van der Waals surface area contributed by atoms with Crippen molar-refractivity contribution in [3.8, 4) is 11.8 Å². The van der Waals surface area contributed by atoms with Crippen LogP contribution in [0.5, 0.6) is 5.75 Å². The molecule has 4 aromatic carbocycles. The molecule has 2 saturated heterocycles. The molecule has 43 nitrogen and oxygen atoms in total. The minimum absolute atomic E-state index is 0.0602. The summed E-state index contributed by atoms with van der Waals surface area (Å²) in [4.78, 5) is 266. The summed E-state index contributed by atoms with van der Waals surface area (Å²) in [7, 11) is 2.97. The van der Waals surface area contributed by atoms with Crippen molar-refractivity contribution < 1.29 is 106 Å². The van der Waals surface area contributed by atoms with Gasteiger partial charge in [0, 0.05) is 126 Å². The SMILES string of the molecule is CC(=O)NCCCC[C@@H]1NC(=O)[C@H](Cc2c[nH]c3c(C#N)cccc23)NC(=O)[C@H]([C@@H](C)O)NC(=O)[C@H](CC(N)=O)NC(=O)[C@@H](NC(C)=O)C(C)(C)SSC(C)(C)[C@@H](C(=O)N[C@@H](Cc2ccc(OCCN)cc2)C(=O)N[C@@H](Cc2ccc3ccccc3c2)C(=O)NC2(C(=O)N[C@@H](CCC(=O)O)C(=O)N[C@@H](CC(N)=O)C(=O)N[C@@H](Cc3cccnc3)C(=O)N(C)CC(N)=O)CCOCC2)NC1=O. The minimum Gasteiger partial charge on any atom is -0.492 e. The van der Waals surface area contributed by atoms with Gasteiger partial charge in [0.25, 0.3) is 0 Å². The number of nitrogens with zero attached hydrogens (tertiary/aromatic N) is 3. The number of aliphatic hydroxyl groups is 1. The lowest BCUT2D eigenvalue weighted by Gasteiger charge is -2.39. The lowest BCUT2D eigenvalue weighted by molar-refractivity contribution is -0.142. The van der Waals surface area contributed by atoms with E-state index in [1.807, 2.05) is 6.07 Å². The summed E-state index contributed by atoms with van der Waals surface area (Å²) in [5, 5.41) is 67.3. The second kappa shape index (κ2) is 49.8. The normalized spacial score (nSPS) is 19.4. The van der Waals surface area contributed by atoms with Gasteiger partial charge in [0.1, 0.15) is 90.4 Å². The van der Waals surface area contributed by atoms with Gasteiger partial charge in [-0.15, -0.1) is 0 Å². The summed E-state index contributed by atoms with van der Waals surface area (Å²) in [5.74, 6) is -18.9. The fourth-order valence-corrected chi connectivity index (χ4v) is 17.9. The molecule has 2 aliphatic rings. The molecule has 8 rings (SSSR count). The number of H-pyrrole nitrogens is 1. The Morgan fingerprint density at radius 2 is 1.26 bits per heavy atom. The molecule has 24 N–H and O–H groups in total. The molecule has 0 radical (unpaired) electrons. The van der Waals surface area contributed by atoms with Crippen molar-refractivity contribution in [2.24, 2.45) is 22.9 Å². The first kappa shape index (κ1) is 107. The highest BCUT2D eigenvalue weighted by molar-refractivity contribution is 8.77. The molecule has 17 amide bonds. The van der Waals surface area contributed by atoms with Crippen LogP contribution in [0.3, 0.4) is 0 Å². The van der Waals surface area contributed by atoms with Gasteiger partial charge < -0.3 is 122 Å². The molecular weight excluding hydrogens is 1790 g/mol. The largest absolute Gasteiger partial charge is 0.492 e. The number of aliphatic carboxylic acids is 1. The smallest absolute Gasteiger partial charge is 0.303 e. The van der Waals surface area contributed by atoms with Crippen LogP contribution in [0.2, 0.25) is 0 Å². The van der Waals surface area contributed by atoms with Crippen LogP contribution in [0.4, 0.5) is 0 Å². The van der Waals surface area contributed by atoms with Crippen molar-refractivity contribution in [1.82, 2.24) is 84.0 Å². The Balaban J connectivity index is 1.23. The second-order valence-electron chi connectivity index (χ2n) is 34.0. The second-order valence-corrected chi connectivity index (χ2v) is 37.5. The predicted molar refractivity (Wildman–Crippen MR) is 494 cm³/mol. The molecule has 2 aliphatic heterocycles. The number of aliphatic hydroxyl groups excluding tert-OH is 1. The number of carboxylic acid groups (broad SMARTS) is 1. The Morgan fingerprint density at radius 1 is 0.644 bits per heavy atom. The third-order valence-electron chi connectivity index (χ3n) is 22.3. The van der Waals surface area contributed by atoms with E-state index in [1.165, 1.54) is 66.3 Å².